The molecule has 24 heavy (non-hydrogen) atoms. The van der Waals surface area contributed by atoms with Crippen LogP contribution in [0.4, 0.5) is 0 Å². The number of morpholine rings is 1. The van der Waals surface area contributed by atoms with Gasteiger partial charge in [0.2, 0.25) is 0 Å². The van der Waals surface area contributed by atoms with E-state index < -0.39 is 10.2 Å². The highest BCUT2D eigenvalue weighted by Crippen LogP contribution is 2.20. The fourth-order valence-electron chi connectivity index (χ4n) is 3.44. The zero-order valence-corrected chi connectivity index (χ0v) is 16.1. The fraction of sp³-hybridized carbons (Fsp3) is 0.750. The summed E-state index contributed by atoms with van der Waals surface area (Å²) in [6.45, 7) is 8.57. The van der Waals surface area contributed by atoms with E-state index in [1.54, 1.807) is 19.9 Å². The summed E-state index contributed by atoms with van der Waals surface area (Å²) in [5, 5.41) is 2.09. The summed E-state index contributed by atoms with van der Waals surface area (Å²) >= 11 is 1.76. The number of ether oxygens (including phenoxy) is 1. The summed E-state index contributed by atoms with van der Waals surface area (Å²) in [7, 11) is -3.40. The standard InChI is InChI=1S/C16H27N3O3S2/c1-14-11-19(12-15(2)22-14)24(20,21)18-7-4-6-17(8-9-18)13-16-5-3-10-23-16/h3,5,10,14-15H,4,6-9,11-13H2,1-2H3. The molecule has 0 aliphatic carbocycles. The molecule has 0 amide bonds. The minimum atomic E-state index is -3.40. The third-order valence-corrected chi connectivity index (χ3v) is 7.38. The summed E-state index contributed by atoms with van der Waals surface area (Å²) in [5.41, 5.74) is 0. The van der Waals surface area contributed by atoms with Crippen molar-refractivity contribution in [3.63, 3.8) is 0 Å². The first-order valence-electron chi connectivity index (χ1n) is 8.60. The van der Waals surface area contributed by atoms with Crippen molar-refractivity contribution >= 4 is 21.5 Å². The van der Waals surface area contributed by atoms with Crippen molar-refractivity contribution in [3.05, 3.63) is 22.4 Å². The van der Waals surface area contributed by atoms with Crippen molar-refractivity contribution in [3.8, 4) is 0 Å². The molecule has 2 atom stereocenters. The van der Waals surface area contributed by atoms with E-state index in [2.05, 4.69) is 22.4 Å². The minimum Gasteiger partial charge on any atom is -0.373 e. The SMILES string of the molecule is CC1CN(S(=O)(=O)N2CCCN(Cc3cccs3)CC2)CC(C)O1. The van der Waals surface area contributed by atoms with Gasteiger partial charge in [0, 0.05) is 44.1 Å². The molecule has 136 valence electrons. The first-order valence-corrected chi connectivity index (χ1v) is 10.9. The molecule has 3 rings (SSSR count). The maximum Gasteiger partial charge on any atom is 0.282 e. The molecule has 2 unspecified atom stereocenters. The average Bonchev–Trinajstić information content (AvgIpc) is 2.90. The van der Waals surface area contributed by atoms with Gasteiger partial charge in [-0.1, -0.05) is 6.07 Å². The number of hydrogen-bond acceptors (Lipinski definition) is 5. The van der Waals surface area contributed by atoms with Crippen molar-refractivity contribution in [1.29, 1.82) is 0 Å². The van der Waals surface area contributed by atoms with Gasteiger partial charge in [-0.05, 0) is 38.3 Å². The van der Waals surface area contributed by atoms with Crippen molar-refractivity contribution < 1.29 is 13.2 Å². The molecule has 0 N–H and O–H groups in total. The first kappa shape index (κ1) is 18.3. The monoisotopic (exact) mass is 373 g/mol. The van der Waals surface area contributed by atoms with Crippen molar-refractivity contribution in [2.24, 2.45) is 0 Å². The lowest BCUT2D eigenvalue weighted by atomic mass is 10.3. The molecule has 0 spiro atoms. The smallest absolute Gasteiger partial charge is 0.282 e. The lowest BCUT2D eigenvalue weighted by molar-refractivity contribution is -0.0454. The maximum atomic E-state index is 13.0. The van der Waals surface area contributed by atoms with E-state index in [9.17, 15) is 8.42 Å². The van der Waals surface area contributed by atoms with Crippen LogP contribution in [0.25, 0.3) is 0 Å². The highest BCUT2D eigenvalue weighted by atomic mass is 32.2. The molecule has 0 bridgehead atoms. The van der Waals surface area contributed by atoms with Crippen LogP contribution in [0.2, 0.25) is 0 Å². The van der Waals surface area contributed by atoms with Gasteiger partial charge in [-0.3, -0.25) is 4.90 Å². The van der Waals surface area contributed by atoms with Gasteiger partial charge in [-0.15, -0.1) is 11.3 Å². The van der Waals surface area contributed by atoms with Crippen molar-refractivity contribution in [2.45, 2.75) is 39.0 Å². The van der Waals surface area contributed by atoms with Crippen LogP contribution >= 0.6 is 11.3 Å². The highest BCUT2D eigenvalue weighted by Gasteiger charge is 2.35. The lowest BCUT2D eigenvalue weighted by Gasteiger charge is -2.37. The van der Waals surface area contributed by atoms with Crippen LogP contribution in [0.1, 0.15) is 25.1 Å². The predicted molar refractivity (Wildman–Crippen MR) is 96.3 cm³/mol. The third-order valence-electron chi connectivity index (χ3n) is 4.55. The molecule has 0 saturated carbocycles. The number of thiophene rings is 1. The molecule has 0 radical (unpaired) electrons. The van der Waals surface area contributed by atoms with E-state index in [1.165, 1.54) is 4.88 Å². The molecular formula is C16H27N3O3S2. The van der Waals surface area contributed by atoms with Gasteiger partial charge in [0.05, 0.1) is 12.2 Å². The van der Waals surface area contributed by atoms with Gasteiger partial charge in [0.25, 0.3) is 10.2 Å². The molecule has 2 fully saturated rings. The largest absolute Gasteiger partial charge is 0.373 e. The van der Waals surface area contributed by atoms with E-state index >= 15 is 0 Å². The molecule has 2 aliphatic heterocycles. The summed E-state index contributed by atoms with van der Waals surface area (Å²) < 4.78 is 34.9. The molecule has 1 aromatic rings. The summed E-state index contributed by atoms with van der Waals surface area (Å²) in [6.07, 6.45) is 0.775. The topological polar surface area (TPSA) is 53.1 Å². The third kappa shape index (κ3) is 4.36. The predicted octanol–water partition coefficient (Wildman–Crippen LogP) is 1.61. The van der Waals surface area contributed by atoms with E-state index in [-0.39, 0.29) is 12.2 Å². The van der Waals surface area contributed by atoms with E-state index in [0.717, 1.165) is 26.1 Å². The fourth-order valence-corrected chi connectivity index (χ4v) is 5.98. The van der Waals surface area contributed by atoms with Crippen LogP contribution < -0.4 is 0 Å². The van der Waals surface area contributed by atoms with Gasteiger partial charge in [-0.25, -0.2) is 0 Å². The van der Waals surface area contributed by atoms with E-state index in [4.69, 9.17) is 4.74 Å². The Kier molecular flexibility index (Phi) is 5.94. The van der Waals surface area contributed by atoms with Crippen LogP contribution in [-0.2, 0) is 21.5 Å². The number of nitrogens with zero attached hydrogens (tertiary/aromatic N) is 3. The number of hydrogen-bond donors (Lipinski definition) is 0. The van der Waals surface area contributed by atoms with Crippen LogP contribution in [0, 0.1) is 0 Å². The van der Waals surface area contributed by atoms with Gasteiger partial charge in [0.15, 0.2) is 0 Å². The zero-order valence-electron chi connectivity index (χ0n) is 14.4. The van der Waals surface area contributed by atoms with Gasteiger partial charge in [0.1, 0.15) is 0 Å². The van der Waals surface area contributed by atoms with Crippen molar-refractivity contribution in [2.75, 3.05) is 39.3 Å². The molecule has 3 heterocycles. The highest BCUT2D eigenvalue weighted by molar-refractivity contribution is 7.86. The molecule has 0 aromatic carbocycles. The number of rotatable bonds is 4. The second-order valence-electron chi connectivity index (χ2n) is 6.69. The summed E-state index contributed by atoms with van der Waals surface area (Å²) in [6, 6.07) is 4.20. The van der Waals surface area contributed by atoms with E-state index in [1.807, 2.05) is 13.8 Å². The minimum absolute atomic E-state index is 0.0502. The first-order chi connectivity index (χ1) is 11.4. The quantitative estimate of drug-likeness (QED) is 0.805. The van der Waals surface area contributed by atoms with Gasteiger partial charge in [-0.2, -0.15) is 17.0 Å². The lowest BCUT2D eigenvalue weighted by Crippen LogP contribution is -2.53. The normalized spacial score (nSPS) is 28.8. The molecule has 2 saturated heterocycles. The average molecular weight is 374 g/mol. The second-order valence-corrected chi connectivity index (χ2v) is 9.65. The van der Waals surface area contributed by atoms with Crippen LogP contribution in [-0.4, -0.2) is 73.4 Å². The molecule has 2 aliphatic rings. The van der Waals surface area contributed by atoms with Gasteiger partial charge >= 0.3 is 0 Å². The second kappa shape index (κ2) is 7.80. The maximum absolute atomic E-state index is 13.0. The Hall–Kier alpha value is -0.510. The Balaban J connectivity index is 1.62. The van der Waals surface area contributed by atoms with Crippen LogP contribution in [0.15, 0.2) is 17.5 Å². The Bertz CT molecular complexity index is 611. The zero-order chi connectivity index (χ0) is 17.2. The summed E-state index contributed by atoms with van der Waals surface area (Å²) in [4.78, 5) is 3.69. The Morgan fingerprint density at radius 1 is 1.12 bits per heavy atom. The Morgan fingerprint density at radius 3 is 2.54 bits per heavy atom. The van der Waals surface area contributed by atoms with Gasteiger partial charge < -0.3 is 4.74 Å². The summed E-state index contributed by atoms with van der Waals surface area (Å²) in [5.74, 6) is 0. The molecular weight excluding hydrogens is 346 g/mol. The van der Waals surface area contributed by atoms with E-state index in [0.29, 0.717) is 26.2 Å². The molecule has 1 aromatic heterocycles. The van der Waals surface area contributed by atoms with Crippen LogP contribution in [0.3, 0.4) is 0 Å². The molecule has 6 nitrogen and oxygen atoms in total. The molecule has 8 heteroatoms. The Morgan fingerprint density at radius 2 is 1.88 bits per heavy atom. The van der Waals surface area contributed by atoms with Crippen LogP contribution in [0.5, 0.6) is 0 Å². The Labute approximate surface area is 149 Å². The van der Waals surface area contributed by atoms with Crippen molar-refractivity contribution in [1.82, 2.24) is 13.5 Å².